The Bertz CT molecular complexity index is 211. The molecule has 0 heterocycles. The average Bonchev–Trinajstić information content (AvgIpc) is 2.05. The quantitative estimate of drug-likeness (QED) is 0.701. The van der Waals surface area contributed by atoms with Gasteiger partial charge in [-0.2, -0.15) is 11.8 Å². The van der Waals surface area contributed by atoms with Crippen LogP contribution in [0.1, 0.15) is 20.3 Å². The highest BCUT2D eigenvalue weighted by Crippen LogP contribution is 2.13. The van der Waals surface area contributed by atoms with Crippen LogP contribution in [-0.4, -0.2) is 42.6 Å². The summed E-state index contributed by atoms with van der Waals surface area (Å²) in [6.07, 6.45) is 0.733. The van der Waals surface area contributed by atoms with Crippen molar-refractivity contribution in [3.05, 3.63) is 0 Å². The van der Waals surface area contributed by atoms with Crippen molar-refractivity contribution in [2.45, 2.75) is 25.5 Å². The number of aliphatic hydroxyl groups is 1. The van der Waals surface area contributed by atoms with Crippen LogP contribution in [0.15, 0.2) is 0 Å². The van der Waals surface area contributed by atoms with Crippen LogP contribution in [0.2, 0.25) is 0 Å². The van der Waals surface area contributed by atoms with E-state index in [-0.39, 0.29) is 18.1 Å². The second-order valence-electron chi connectivity index (χ2n) is 2.93. The van der Waals surface area contributed by atoms with Crippen LogP contribution in [0.5, 0.6) is 0 Å². The zero-order chi connectivity index (χ0) is 10.3. The minimum absolute atomic E-state index is 0.175. The molecule has 0 radical (unpaired) electrons. The topological polar surface area (TPSA) is 54.4 Å². The molecule has 1 atom stereocenters. The molecule has 0 fully saturated rings. The summed E-state index contributed by atoms with van der Waals surface area (Å²) >= 11 is 1.60. The molecular weight excluding hydrogens is 208 g/mol. The minimum Gasteiger partial charge on any atom is -0.396 e. The molecule has 1 unspecified atom stereocenters. The zero-order valence-corrected chi connectivity index (χ0v) is 9.83. The van der Waals surface area contributed by atoms with Gasteiger partial charge >= 0.3 is 0 Å². The highest BCUT2D eigenvalue weighted by Gasteiger charge is 2.08. The number of aliphatic hydroxyl groups excluding tert-OH is 1. The number of hydrogen-bond donors (Lipinski definition) is 1. The first-order valence-electron chi connectivity index (χ1n) is 4.44. The van der Waals surface area contributed by atoms with E-state index in [0.29, 0.717) is 11.0 Å². The molecule has 0 aliphatic heterocycles. The van der Waals surface area contributed by atoms with E-state index in [0.717, 1.165) is 6.42 Å². The van der Waals surface area contributed by atoms with Gasteiger partial charge in [-0.3, -0.25) is 0 Å². The lowest BCUT2D eigenvalue weighted by Gasteiger charge is -2.08. The highest BCUT2D eigenvalue weighted by atomic mass is 32.2. The normalized spacial score (nSPS) is 14.4. The van der Waals surface area contributed by atoms with Crippen molar-refractivity contribution in [2.75, 3.05) is 23.9 Å². The molecule has 3 nitrogen and oxygen atoms in total. The first-order chi connectivity index (χ1) is 6.02. The summed E-state index contributed by atoms with van der Waals surface area (Å²) in [5.41, 5.74) is 0. The maximum Gasteiger partial charge on any atom is 0.150 e. The van der Waals surface area contributed by atoms with Crippen molar-refractivity contribution in [1.82, 2.24) is 0 Å². The van der Waals surface area contributed by atoms with E-state index in [1.165, 1.54) is 0 Å². The fourth-order valence-electron chi connectivity index (χ4n) is 0.786. The monoisotopic (exact) mass is 226 g/mol. The Hall–Kier alpha value is 0.260. The van der Waals surface area contributed by atoms with Gasteiger partial charge in [0.15, 0.2) is 9.84 Å². The van der Waals surface area contributed by atoms with E-state index in [1.54, 1.807) is 18.7 Å². The molecule has 0 amide bonds. The molecule has 0 aromatic rings. The van der Waals surface area contributed by atoms with Gasteiger partial charge in [0.25, 0.3) is 0 Å². The number of hydrogen-bond acceptors (Lipinski definition) is 4. The van der Waals surface area contributed by atoms with Crippen molar-refractivity contribution in [3.8, 4) is 0 Å². The van der Waals surface area contributed by atoms with Crippen LogP contribution in [0, 0.1) is 0 Å². The second kappa shape index (κ2) is 6.68. The SMILES string of the molecule is CCS(=O)(=O)CCSC(C)CCO. The first-order valence-corrected chi connectivity index (χ1v) is 7.31. The molecule has 0 bridgehead atoms. The first kappa shape index (κ1) is 13.3. The number of sulfone groups is 1. The van der Waals surface area contributed by atoms with Gasteiger partial charge in [-0.15, -0.1) is 0 Å². The van der Waals surface area contributed by atoms with Gasteiger partial charge in [0.1, 0.15) is 0 Å². The van der Waals surface area contributed by atoms with Crippen LogP contribution in [0.4, 0.5) is 0 Å². The lowest BCUT2D eigenvalue weighted by molar-refractivity contribution is 0.289. The third kappa shape index (κ3) is 7.34. The fourth-order valence-corrected chi connectivity index (χ4v) is 3.15. The van der Waals surface area contributed by atoms with Crippen molar-refractivity contribution in [2.24, 2.45) is 0 Å². The lowest BCUT2D eigenvalue weighted by Crippen LogP contribution is -2.12. The summed E-state index contributed by atoms with van der Waals surface area (Å²) in [6, 6.07) is 0. The third-order valence-electron chi connectivity index (χ3n) is 1.77. The van der Waals surface area contributed by atoms with E-state index in [4.69, 9.17) is 5.11 Å². The van der Waals surface area contributed by atoms with Crippen LogP contribution in [0.25, 0.3) is 0 Å². The molecule has 0 saturated heterocycles. The molecule has 0 rings (SSSR count). The van der Waals surface area contributed by atoms with Crippen LogP contribution >= 0.6 is 11.8 Å². The Morgan fingerprint density at radius 1 is 1.46 bits per heavy atom. The molecular formula is C8H18O3S2. The molecule has 0 spiro atoms. The van der Waals surface area contributed by atoms with Gasteiger partial charge in [-0.1, -0.05) is 13.8 Å². The van der Waals surface area contributed by atoms with Gasteiger partial charge in [0, 0.05) is 23.4 Å². The van der Waals surface area contributed by atoms with Crippen LogP contribution < -0.4 is 0 Å². The summed E-state index contributed by atoms with van der Waals surface area (Å²) in [5, 5.41) is 8.95. The summed E-state index contributed by atoms with van der Waals surface area (Å²) in [4.78, 5) is 0. The smallest absolute Gasteiger partial charge is 0.150 e. The molecule has 13 heavy (non-hydrogen) atoms. The van der Waals surface area contributed by atoms with Crippen LogP contribution in [-0.2, 0) is 9.84 Å². The van der Waals surface area contributed by atoms with Gasteiger partial charge in [-0.05, 0) is 6.42 Å². The Labute approximate surface area is 84.8 Å². The summed E-state index contributed by atoms with van der Waals surface area (Å²) in [7, 11) is -2.81. The summed E-state index contributed by atoms with van der Waals surface area (Å²) < 4.78 is 22.2. The van der Waals surface area contributed by atoms with Crippen molar-refractivity contribution < 1.29 is 13.5 Å². The van der Waals surface area contributed by atoms with Crippen molar-refractivity contribution in [3.63, 3.8) is 0 Å². The van der Waals surface area contributed by atoms with E-state index in [2.05, 4.69) is 0 Å². The molecule has 0 aromatic heterocycles. The Morgan fingerprint density at radius 3 is 2.54 bits per heavy atom. The van der Waals surface area contributed by atoms with E-state index >= 15 is 0 Å². The van der Waals surface area contributed by atoms with Gasteiger partial charge in [-0.25, -0.2) is 8.42 Å². The van der Waals surface area contributed by atoms with Gasteiger partial charge in [0.2, 0.25) is 0 Å². The van der Waals surface area contributed by atoms with Gasteiger partial charge in [0.05, 0.1) is 5.75 Å². The lowest BCUT2D eigenvalue weighted by atomic mass is 10.3. The van der Waals surface area contributed by atoms with E-state index < -0.39 is 9.84 Å². The second-order valence-corrected chi connectivity index (χ2v) is 6.95. The third-order valence-corrected chi connectivity index (χ3v) is 4.98. The summed E-state index contributed by atoms with van der Waals surface area (Å²) in [6.45, 7) is 3.84. The Kier molecular flexibility index (Phi) is 6.81. The molecule has 80 valence electrons. The van der Waals surface area contributed by atoms with Crippen LogP contribution in [0.3, 0.4) is 0 Å². The van der Waals surface area contributed by atoms with E-state index in [9.17, 15) is 8.42 Å². The molecule has 5 heteroatoms. The number of thioether (sulfide) groups is 1. The minimum atomic E-state index is -2.81. The fraction of sp³-hybridized carbons (Fsp3) is 1.00. The van der Waals surface area contributed by atoms with Crippen molar-refractivity contribution >= 4 is 21.6 Å². The largest absolute Gasteiger partial charge is 0.396 e. The molecule has 0 saturated carbocycles. The highest BCUT2D eigenvalue weighted by molar-refractivity contribution is 8.01. The maximum absolute atomic E-state index is 11.1. The molecule has 0 aromatic carbocycles. The summed E-state index contributed by atoms with van der Waals surface area (Å²) in [5.74, 6) is 1.11. The van der Waals surface area contributed by atoms with Gasteiger partial charge < -0.3 is 5.11 Å². The Morgan fingerprint density at radius 2 is 2.08 bits per heavy atom. The predicted octanol–water partition coefficient (Wildman–Crippen LogP) is 0.925. The average molecular weight is 226 g/mol. The Balaban J connectivity index is 3.56. The molecule has 0 aliphatic rings. The van der Waals surface area contributed by atoms with Crippen molar-refractivity contribution in [1.29, 1.82) is 0 Å². The predicted molar refractivity (Wildman–Crippen MR) is 58.0 cm³/mol. The maximum atomic E-state index is 11.1. The molecule has 1 N–H and O–H groups in total. The zero-order valence-electron chi connectivity index (χ0n) is 8.19. The molecule has 0 aliphatic carbocycles. The standard InChI is InChI=1S/C8H18O3S2/c1-3-13(10,11)7-6-12-8(2)4-5-9/h8-9H,3-7H2,1-2H3. The van der Waals surface area contributed by atoms with E-state index in [1.807, 2.05) is 6.92 Å². The number of rotatable bonds is 7.